The van der Waals surface area contributed by atoms with Crippen LogP contribution in [0, 0.1) is 5.41 Å². The molecule has 1 aliphatic rings. The average molecular weight is 212 g/mol. The van der Waals surface area contributed by atoms with Gasteiger partial charge >= 0.3 is 6.09 Å². The number of rotatable bonds is 1. The van der Waals surface area contributed by atoms with Gasteiger partial charge in [0, 0.05) is 32.3 Å². The lowest BCUT2D eigenvalue weighted by Gasteiger charge is -2.15. The lowest BCUT2D eigenvalue weighted by atomic mass is 9.91. The molecule has 5 nitrogen and oxygen atoms in total. The summed E-state index contributed by atoms with van der Waals surface area (Å²) in [5.74, 6) is -0.126. The van der Waals surface area contributed by atoms with Crippen LogP contribution in [-0.4, -0.2) is 47.4 Å². The zero-order valence-corrected chi connectivity index (χ0v) is 9.44. The number of carboxylic acid groups (broad SMARTS) is 1. The third-order valence-corrected chi connectivity index (χ3v) is 2.30. The lowest BCUT2D eigenvalue weighted by molar-refractivity contribution is -0.121. The Morgan fingerprint density at radius 2 is 2.07 bits per heavy atom. The van der Waals surface area contributed by atoms with E-state index in [2.05, 4.69) is 0 Å². The van der Waals surface area contributed by atoms with Crippen LogP contribution in [-0.2, 0) is 4.79 Å². The van der Waals surface area contributed by atoms with E-state index in [0.717, 1.165) is 4.90 Å². The summed E-state index contributed by atoms with van der Waals surface area (Å²) in [5.41, 5.74) is -0.377. The van der Waals surface area contributed by atoms with E-state index < -0.39 is 11.5 Å². The van der Waals surface area contributed by atoms with Gasteiger partial charge in [0.25, 0.3) is 0 Å². The second-order valence-electron chi connectivity index (χ2n) is 4.56. The third-order valence-electron chi connectivity index (χ3n) is 2.30. The number of Topliss-reactive ketones (excluding diaryl/α,β-unsaturated/α-hetero) is 1. The van der Waals surface area contributed by atoms with Crippen LogP contribution in [0.2, 0.25) is 0 Å². The van der Waals surface area contributed by atoms with Gasteiger partial charge in [0.1, 0.15) is 5.70 Å². The molecule has 0 unspecified atom stereocenters. The lowest BCUT2D eigenvalue weighted by Crippen LogP contribution is -2.28. The summed E-state index contributed by atoms with van der Waals surface area (Å²) in [6.45, 7) is 3.73. The number of ketones is 1. The van der Waals surface area contributed by atoms with Crippen molar-refractivity contribution >= 4 is 11.9 Å². The molecule has 1 N–H and O–H groups in total. The standard InChI is InChI=1S/C10H16N2O3/c1-10(2)6-12(9(14)15)7(8(10)13)5-11(3)4/h5H,6H2,1-4H3,(H,14,15)/b7-5+. The number of carbonyl (C=O) groups is 2. The van der Waals surface area contributed by atoms with E-state index in [9.17, 15) is 9.59 Å². The molecule has 0 aliphatic carbocycles. The Bertz CT molecular complexity index is 332. The van der Waals surface area contributed by atoms with Crippen molar-refractivity contribution in [1.82, 2.24) is 9.80 Å². The molecule has 0 aromatic heterocycles. The van der Waals surface area contributed by atoms with Crippen LogP contribution in [0.4, 0.5) is 4.79 Å². The maximum atomic E-state index is 11.9. The molecule has 1 aliphatic heterocycles. The van der Waals surface area contributed by atoms with Crippen LogP contribution < -0.4 is 0 Å². The van der Waals surface area contributed by atoms with Gasteiger partial charge in [-0.3, -0.25) is 9.69 Å². The molecule has 0 bridgehead atoms. The highest BCUT2D eigenvalue weighted by Gasteiger charge is 2.44. The molecule has 84 valence electrons. The first-order valence-electron chi connectivity index (χ1n) is 4.69. The van der Waals surface area contributed by atoms with Crippen molar-refractivity contribution in [3.63, 3.8) is 0 Å². The minimum atomic E-state index is -1.08. The summed E-state index contributed by atoms with van der Waals surface area (Å²) < 4.78 is 0. The zero-order valence-electron chi connectivity index (χ0n) is 9.44. The SMILES string of the molecule is CN(C)/C=C1\C(=O)C(C)(C)CN1C(=O)O. The Morgan fingerprint density at radius 1 is 1.53 bits per heavy atom. The van der Waals surface area contributed by atoms with Crippen molar-refractivity contribution < 1.29 is 14.7 Å². The van der Waals surface area contributed by atoms with E-state index in [4.69, 9.17) is 5.11 Å². The Labute approximate surface area is 89.0 Å². The normalized spacial score (nSPS) is 22.3. The van der Waals surface area contributed by atoms with Gasteiger partial charge in [0.15, 0.2) is 5.78 Å². The molecule has 15 heavy (non-hydrogen) atoms. The van der Waals surface area contributed by atoms with Gasteiger partial charge in [-0.05, 0) is 0 Å². The zero-order chi connectivity index (χ0) is 11.8. The van der Waals surface area contributed by atoms with Crippen LogP contribution in [0.3, 0.4) is 0 Å². The van der Waals surface area contributed by atoms with Gasteiger partial charge in [-0.1, -0.05) is 13.8 Å². The highest BCUT2D eigenvalue weighted by atomic mass is 16.4. The van der Waals surface area contributed by atoms with Gasteiger partial charge in [-0.2, -0.15) is 0 Å². The molecule has 0 saturated carbocycles. The van der Waals surface area contributed by atoms with Crippen molar-refractivity contribution in [3.8, 4) is 0 Å². The summed E-state index contributed by atoms with van der Waals surface area (Å²) >= 11 is 0. The topological polar surface area (TPSA) is 60.9 Å². The Morgan fingerprint density at radius 3 is 2.47 bits per heavy atom. The van der Waals surface area contributed by atoms with Crippen LogP contribution in [0.5, 0.6) is 0 Å². The van der Waals surface area contributed by atoms with Gasteiger partial charge in [-0.15, -0.1) is 0 Å². The van der Waals surface area contributed by atoms with E-state index in [1.807, 2.05) is 0 Å². The second kappa shape index (κ2) is 3.56. The van der Waals surface area contributed by atoms with Crippen molar-refractivity contribution in [2.24, 2.45) is 5.41 Å². The molecule has 0 radical (unpaired) electrons. The van der Waals surface area contributed by atoms with Crippen molar-refractivity contribution in [2.75, 3.05) is 20.6 Å². The molecule has 1 saturated heterocycles. The minimum absolute atomic E-state index is 0.126. The summed E-state index contributed by atoms with van der Waals surface area (Å²) in [4.78, 5) is 25.6. The first-order chi connectivity index (χ1) is 6.75. The fraction of sp³-hybridized carbons (Fsp3) is 0.600. The van der Waals surface area contributed by atoms with E-state index in [1.54, 1.807) is 39.0 Å². The molecule has 0 spiro atoms. The Balaban J connectivity index is 3.11. The van der Waals surface area contributed by atoms with E-state index in [0.29, 0.717) is 0 Å². The summed E-state index contributed by atoms with van der Waals surface area (Å²) in [6.07, 6.45) is 0.465. The molecule has 1 fully saturated rings. The smallest absolute Gasteiger partial charge is 0.412 e. The van der Waals surface area contributed by atoms with Crippen LogP contribution >= 0.6 is 0 Å². The molecule has 1 amide bonds. The first-order valence-corrected chi connectivity index (χ1v) is 4.69. The molecule has 0 aromatic carbocycles. The number of hydrogen-bond donors (Lipinski definition) is 1. The van der Waals surface area contributed by atoms with Crippen molar-refractivity contribution in [3.05, 3.63) is 11.9 Å². The number of allylic oxidation sites excluding steroid dienone is 1. The fourth-order valence-electron chi connectivity index (χ4n) is 1.57. The molecular weight excluding hydrogens is 196 g/mol. The predicted molar refractivity (Wildman–Crippen MR) is 55.3 cm³/mol. The van der Waals surface area contributed by atoms with E-state index >= 15 is 0 Å². The molecule has 1 rings (SSSR count). The maximum absolute atomic E-state index is 11.9. The highest BCUT2D eigenvalue weighted by Crippen LogP contribution is 2.32. The van der Waals surface area contributed by atoms with Crippen LogP contribution in [0.15, 0.2) is 11.9 Å². The van der Waals surface area contributed by atoms with Crippen LogP contribution in [0.25, 0.3) is 0 Å². The van der Waals surface area contributed by atoms with Gasteiger partial charge < -0.3 is 10.0 Å². The largest absolute Gasteiger partial charge is 0.465 e. The van der Waals surface area contributed by atoms with Crippen molar-refractivity contribution in [1.29, 1.82) is 0 Å². The predicted octanol–water partition coefficient (Wildman–Crippen LogP) is 0.978. The number of amides is 1. The number of likely N-dealkylation sites (tertiary alicyclic amines) is 1. The van der Waals surface area contributed by atoms with E-state index in [1.165, 1.54) is 0 Å². The number of nitrogens with zero attached hydrogens (tertiary/aromatic N) is 2. The minimum Gasteiger partial charge on any atom is -0.465 e. The van der Waals surface area contributed by atoms with Gasteiger partial charge in [-0.25, -0.2) is 4.79 Å². The van der Waals surface area contributed by atoms with Crippen LogP contribution in [0.1, 0.15) is 13.8 Å². The number of hydrogen-bond acceptors (Lipinski definition) is 3. The fourth-order valence-corrected chi connectivity index (χ4v) is 1.57. The highest BCUT2D eigenvalue weighted by molar-refractivity contribution is 6.04. The monoisotopic (exact) mass is 212 g/mol. The van der Waals surface area contributed by atoms with Gasteiger partial charge in [0.05, 0.1) is 0 Å². The molecule has 0 atom stereocenters. The Kier molecular flexibility index (Phi) is 2.75. The number of carbonyl (C=O) groups excluding carboxylic acids is 1. The maximum Gasteiger partial charge on any atom is 0.412 e. The van der Waals surface area contributed by atoms with Crippen molar-refractivity contribution in [2.45, 2.75) is 13.8 Å². The average Bonchev–Trinajstić information content (AvgIpc) is 2.28. The quantitative estimate of drug-likeness (QED) is 0.658. The molecule has 5 heteroatoms. The first kappa shape index (κ1) is 11.6. The summed E-state index contributed by atoms with van der Waals surface area (Å²) in [7, 11) is 3.51. The molecule has 0 aromatic rings. The second-order valence-corrected chi connectivity index (χ2v) is 4.56. The molecular formula is C10H16N2O3. The van der Waals surface area contributed by atoms with Gasteiger partial charge in [0.2, 0.25) is 0 Å². The third kappa shape index (κ3) is 2.11. The summed E-state index contributed by atoms with van der Waals surface area (Å²) in [5, 5.41) is 8.96. The van der Waals surface area contributed by atoms with E-state index in [-0.39, 0.29) is 18.0 Å². The molecule has 1 heterocycles. The Hall–Kier alpha value is -1.52. The summed E-state index contributed by atoms with van der Waals surface area (Å²) in [6, 6.07) is 0.